The number of ether oxygens (including phenoxy) is 2. The molecule has 0 aliphatic heterocycles. The molecule has 0 atom stereocenters. The van der Waals surface area contributed by atoms with Crippen LogP contribution >= 0.6 is 0 Å². The number of hydrogen-bond donors (Lipinski definition) is 2. The van der Waals surface area contributed by atoms with Crippen molar-refractivity contribution in [3.05, 3.63) is 23.8 Å². The average Bonchev–Trinajstić information content (AvgIpc) is 3.45. The number of guanidine groups is 1. The number of methoxy groups -OCH3 is 2. The Morgan fingerprint density at radius 2 is 2.08 bits per heavy atom. The molecule has 2 rings (SSSR count). The Morgan fingerprint density at radius 3 is 2.69 bits per heavy atom. The molecule has 144 valence electrons. The van der Waals surface area contributed by atoms with Crippen LogP contribution in [0.3, 0.4) is 0 Å². The zero-order valence-corrected chi connectivity index (χ0v) is 16.2. The van der Waals surface area contributed by atoms with Crippen molar-refractivity contribution < 1.29 is 14.3 Å². The second-order valence-corrected chi connectivity index (χ2v) is 6.45. The van der Waals surface area contributed by atoms with Gasteiger partial charge in [0, 0.05) is 51.3 Å². The molecule has 0 spiro atoms. The third-order valence-electron chi connectivity index (χ3n) is 4.28. The van der Waals surface area contributed by atoms with Crippen LogP contribution in [0.25, 0.3) is 0 Å². The first kappa shape index (κ1) is 19.9. The first-order valence-electron chi connectivity index (χ1n) is 8.99. The molecule has 0 saturated heterocycles. The Labute approximate surface area is 155 Å². The van der Waals surface area contributed by atoms with E-state index in [1.54, 1.807) is 21.3 Å². The lowest BCUT2D eigenvalue weighted by Gasteiger charge is -2.23. The smallest absolute Gasteiger partial charge is 0.220 e. The highest BCUT2D eigenvalue weighted by atomic mass is 16.5. The van der Waals surface area contributed by atoms with Crippen molar-refractivity contribution in [3.8, 4) is 11.5 Å². The number of nitrogens with one attached hydrogen (secondary N) is 2. The third-order valence-corrected chi connectivity index (χ3v) is 4.28. The molecule has 7 nitrogen and oxygen atoms in total. The number of rotatable bonds is 9. The summed E-state index contributed by atoms with van der Waals surface area (Å²) in [6.07, 6.45) is 3.56. The molecule has 1 aromatic rings. The lowest BCUT2D eigenvalue weighted by Crippen LogP contribution is -2.39. The zero-order valence-electron chi connectivity index (χ0n) is 16.2. The zero-order chi connectivity index (χ0) is 18.9. The fraction of sp³-hybridized carbons (Fsp3) is 0.579. The fourth-order valence-electron chi connectivity index (χ4n) is 2.67. The van der Waals surface area contributed by atoms with Crippen molar-refractivity contribution in [1.29, 1.82) is 0 Å². The number of aliphatic imine (C=N–C) groups is 1. The average molecular weight is 362 g/mol. The summed E-state index contributed by atoms with van der Waals surface area (Å²) in [5, 5.41) is 6.31. The van der Waals surface area contributed by atoms with Gasteiger partial charge in [0.25, 0.3) is 0 Å². The predicted molar refractivity (Wildman–Crippen MR) is 103 cm³/mol. The molecule has 1 fully saturated rings. The topological polar surface area (TPSA) is 75.2 Å². The number of hydrogen-bond acceptors (Lipinski definition) is 4. The van der Waals surface area contributed by atoms with Crippen LogP contribution in [0.5, 0.6) is 11.5 Å². The summed E-state index contributed by atoms with van der Waals surface area (Å²) in [6.45, 7) is 1.35. The maximum absolute atomic E-state index is 11.7. The summed E-state index contributed by atoms with van der Waals surface area (Å²) < 4.78 is 10.7. The molecule has 0 aromatic heterocycles. The minimum atomic E-state index is 0.139. The standard InChI is InChI=1S/C19H30N4O3/c1-20-19(21-11-5-6-18(24)22-15-8-9-15)23(2)13-14-7-10-16(25-3)12-17(14)26-4/h7,10,12,15H,5-6,8-9,11,13H2,1-4H3,(H,20,21)(H,22,24). The highest BCUT2D eigenvalue weighted by molar-refractivity contribution is 5.80. The number of nitrogens with zero attached hydrogens (tertiary/aromatic N) is 2. The molecular formula is C19H30N4O3. The largest absolute Gasteiger partial charge is 0.497 e. The molecular weight excluding hydrogens is 332 g/mol. The first-order chi connectivity index (χ1) is 12.6. The van der Waals surface area contributed by atoms with Crippen LogP contribution in [0, 0.1) is 0 Å². The van der Waals surface area contributed by atoms with E-state index >= 15 is 0 Å². The van der Waals surface area contributed by atoms with Crippen LogP contribution in [0.1, 0.15) is 31.2 Å². The van der Waals surface area contributed by atoms with E-state index in [-0.39, 0.29) is 5.91 Å². The molecule has 0 radical (unpaired) electrons. The van der Waals surface area contributed by atoms with Gasteiger partial charge >= 0.3 is 0 Å². The highest BCUT2D eigenvalue weighted by Gasteiger charge is 2.22. The van der Waals surface area contributed by atoms with Gasteiger partial charge in [-0.15, -0.1) is 0 Å². The van der Waals surface area contributed by atoms with Crippen LogP contribution in [0.4, 0.5) is 0 Å². The number of amides is 1. The molecule has 1 aliphatic carbocycles. The maximum atomic E-state index is 11.7. The van der Waals surface area contributed by atoms with Crippen LogP contribution in [-0.2, 0) is 11.3 Å². The van der Waals surface area contributed by atoms with E-state index in [9.17, 15) is 4.79 Å². The van der Waals surface area contributed by atoms with Crippen molar-refractivity contribution in [2.75, 3.05) is 34.9 Å². The monoisotopic (exact) mass is 362 g/mol. The summed E-state index contributed by atoms with van der Waals surface area (Å²) in [5.74, 6) is 2.47. The quantitative estimate of drug-likeness (QED) is 0.398. The number of carbonyl (C=O) groups excluding carboxylic acids is 1. The first-order valence-corrected chi connectivity index (χ1v) is 8.99. The van der Waals surface area contributed by atoms with E-state index in [0.29, 0.717) is 25.6 Å². The predicted octanol–water partition coefficient (Wildman–Crippen LogP) is 1.77. The van der Waals surface area contributed by atoms with Gasteiger partial charge in [-0.2, -0.15) is 0 Å². The minimum absolute atomic E-state index is 0.139. The molecule has 1 saturated carbocycles. The summed E-state index contributed by atoms with van der Waals surface area (Å²) in [4.78, 5) is 18.0. The Bertz CT molecular complexity index is 629. The van der Waals surface area contributed by atoms with Gasteiger partial charge in [-0.05, 0) is 31.4 Å². The fourth-order valence-corrected chi connectivity index (χ4v) is 2.67. The molecule has 0 bridgehead atoms. The van der Waals surface area contributed by atoms with Crippen LogP contribution in [0.15, 0.2) is 23.2 Å². The lowest BCUT2D eigenvalue weighted by molar-refractivity contribution is -0.121. The molecule has 1 amide bonds. The van der Waals surface area contributed by atoms with E-state index in [1.165, 1.54) is 0 Å². The summed E-state index contributed by atoms with van der Waals surface area (Å²) in [5.41, 5.74) is 1.04. The SMILES string of the molecule is CN=C(NCCCC(=O)NC1CC1)N(C)Cc1ccc(OC)cc1OC. The van der Waals surface area contributed by atoms with E-state index in [1.807, 2.05) is 30.1 Å². The van der Waals surface area contributed by atoms with Gasteiger partial charge in [-0.25, -0.2) is 0 Å². The van der Waals surface area contributed by atoms with Crippen molar-refractivity contribution in [2.24, 2.45) is 4.99 Å². The van der Waals surface area contributed by atoms with Gasteiger partial charge in [0.15, 0.2) is 5.96 Å². The summed E-state index contributed by atoms with van der Waals surface area (Å²) in [6, 6.07) is 6.20. The van der Waals surface area contributed by atoms with Crippen molar-refractivity contribution >= 4 is 11.9 Å². The molecule has 0 heterocycles. The molecule has 0 unspecified atom stereocenters. The van der Waals surface area contributed by atoms with Crippen LogP contribution in [-0.4, -0.2) is 57.7 Å². The highest BCUT2D eigenvalue weighted by Crippen LogP contribution is 2.25. The van der Waals surface area contributed by atoms with Crippen molar-refractivity contribution in [1.82, 2.24) is 15.5 Å². The van der Waals surface area contributed by atoms with Crippen molar-refractivity contribution in [2.45, 2.75) is 38.3 Å². The van der Waals surface area contributed by atoms with Crippen LogP contribution < -0.4 is 20.1 Å². The van der Waals surface area contributed by atoms with Gasteiger partial charge in [0.2, 0.25) is 5.91 Å². The number of carbonyl (C=O) groups is 1. The van der Waals surface area contributed by atoms with Crippen molar-refractivity contribution in [3.63, 3.8) is 0 Å². The van der Waals surface area contributed by atoms with E-state index < -0.39 is 0 Å². The molecule has 7 heteroatoms. The molecule has 26 heavy (non-hydrogen) atoms. The minimum Gasteiger partial charge on any atom is -0.497 e. The maximum Gasteiger partial charge on any atom is 0.220 e. The lowest BCUT2D eigenvalue weighted by atomic mass is 10.2. The second kappa shape index (κ2) is 9.89. The normalized spacial score (nSPS) is 13.9. The Hall–Kier alpha value is -2.44. The molecule has 1 aromatic carbocycles. The Kier molecular flexibility index (Phi) is 7.56. The summed E-state index contributed by atoms with van der Waals surface area (Å²) in [7, 11) is 7.01. The van der Waals surface area contributed by atoms with Crippen LogP contribution in [0.2, 0.25) is 0 Å². The van der Waals surface area contributed by atoms with E-state index in [2.05, 4.69) is 15.6 Å². The van der Waals surface area contributed by atoms with Gasteiger partial charge in [0.05, 0.1) is 14.2 Å². The van der Waals surface area contributed by atoms with Gasteiger partial charge < -0.3 is 25.0 Å². The van der Waals surface area contributed by atoms with Gasteiger partial charge in [-0.1, -0.05) is 0 Å². The van der Waals surface area contributed by atoms with E-state index in [4.69, 9.17) is 9.47 Å². The second-order valence-electron chi connectivity index (χ2n) is 6.45. The van der Waals surface area contributed by atoms with Gasteiger partial charge in [-0.3, -0.25) is 9.79 Å². The van der Waals surface area contributed by atoms with Gasteiger partial charge in [0.1, 0.15) is 11.5 Å². The Morgan fingerprint density at radius 1 is 1.31 bits per heavy atom. The molecule has 2 N–H and O–H groups in total. The third kappa shape index (κ3) is 6.13. The van der Waals surface area contributed by atoms with E-state index in [0.717, 1.165) is 42.3 Å². The molecule has 1 aliphatic rings. The number of benzene rings is 1. The summed E-state index contributed by atoms with van der Waals surface area (Å²) >= 11 is 0. The Balaban J connectivity index is 1.80.